The van der Waals surface area contributed by atoms with E-state index in [4.69, 9.17) is 11.6 Å². The van der Waals surface area contributed by atoms with Crippen LogP contribution in [-0.2, 0) is 33.7 Å². The molecule has 8 heteroatoms. The molecule has 2 aliphatic heterocycles. The summed E-state index contributed by atoms with van der Waals surface area (Å²) in [6, 6.07) is 15.4. The number of piperidine rings is 1. The standard InChI is InChI=1S/C25H32ClN3O3S/c26-24-9-2-1-8-23(24)19-33(31,32)29-14-10-22(11-15-29)25(30)27-17-20-6-5-7-21(16-20)18-28-12-3-4-13-28/h1-2,5-9,16,22H,3-4,10-15,17-19H2,(H,27,30). The summed E-state index contributed by atoms with van der Waals surface area (Å²) < 4.78 is 27.1. The minimum absolute atomic E-state index is 0.00287. The fraction of sp³-hybridized carbons (Fsp3) is 0.480. The van der Waals surface area contributed by atoms with Gasteiger partial charge in [0.25, 0.3) is 0 Å². The van der Waals surface area contributed by atoms with Crippen molar-refractivity contribution in [2.24, 2.45) is 5.92 Å². The zero-order valence-corrected chi connectivity index (χ0v) is 20.5. The Labute approximate surface area is 202 Å². The third kappa shape index (κ3) is 6.57. The Bertz CT molecular complexity index is 1060. The highest BCUT2D eigenvalue weighted by Crippen LogP contribution is 2.24. The van der Waals surface area contributed by atoms with Crippen LogP contribution in [0.15, 0.2) is 48.5 Å². The number of hydrogen-bond acceptors (Lipinski definition) is 4. The van der Waals surface area contributed by atoms with Crippen LogP contribution in [0, 0.1) is 5.92 Å². The third-order valence-electron chi connectivity index (χ3n) is 6.58. The largest absolute Gasteiger partial charge is 0.352 e. The van der Waals surface area contributed by atoms with Crippen LogP contribution < -0.4 is 5.32 Å². The minimum atomic E-state index is -3.46. The first kappa shape index (κ1) is 24.2. The molecule has 6 nitrogen and oxygen atoms in total. The predicted octanol–water partition coefficient (Wildman–Crippen LogP) is 3.79. The summed E-state index contributed by atoms with van der Waals surface area (Å²) in [5.74, 6) is -0.273. The van der Waals surface area contributed by atoms with Crippen molar-refractivity contribution in [1.82, 2.24) is 14.5 Å². The van der Waals surface area contributed by atoms with Gasteiger partial charge in [0.1, 0.15) is 0 Å². The molecule has 2 saturated heterocycles. The normalized spacial score (nSPS) is 18.5. The molecule has 0 unspecified atom stereocenters. The molecule has 2 heterocycles. The van der Waals surface area contributed by atoms with E-state index in [-0.39, 0.29) is 17.6 Å². The number of hydrogen-bond donors (Lipinski definition) is 1. The van der Waals surface area contributed by atoms with Crippen molar-refractivity contribution < 1.29 is 13.2 Å². The SMILES string of the molecule is O=C(NCc1cccc(CN2CCCC2)c1)C1CCN(S(=O)(=O)Cc2ccccc2Cl)CC1. The Hall–Kier alpha value is -1.93. The van der Waals surface area contributed by atoms with Gasteiger partial charge in [-0.15, -0.1) is 0 Å². The molecule has 0 aromatic heterocycles. The fourth-order valence-electron chi connectivity index (χ4n) is 4.67. The summed E-state index contributed by atoms with van der Waals surface area (Å²) in [6.45, 7) is 4.49. The van der Waals surface area contributed by atoms with Gasteiger partial charge in [0.15, 0.2) is 0 Å². The van der Waals surface area contributed by atoms with Gasteiger partial charge >= 0.3 is 0 Å². The molecule has 0 radical (unpaired) electrons. The molecule has 0 saturated carbocycles. The molecule has 2 aromatic carbocycles. The van der Waals surface area contributed by atoms with Crippen molar-refractivity contribution in [2.75, 3.05) is 26.2 Å². The second-order valence-corrected chi connectivity index (χ2v) is 11.4. The maximum Gasteiger partial charge on any atom is 0.223 e. The number of carbonyl (C=O) groups excluding carboxylic acids is 1. The zero-order chi connectivity index (χ0) is 23.3. The van der Waals surface area contributed by atoms with Gasteiger partial charge in [0, 0.05) is 37.1 Å². The van der Waals surface area contributed by atoms with E-state index < -0.39 is 10.0 Å². The summed E-state index contributed by atoms with van der Waals surface area (Å²) in [6.07, 6.45) is 3.61. The first-order chi connectivity index (χ1) is 15.9. The molecular weight excluding hydrogens is 458 g/mol. The average molecular weight is 490 g/mol. The summed E-state index contributed by atoms with van der Waals surface area (Å²) in [7, 11) is -3.46. The first-order valence-corrected chi connectivity index (χ1v) is 13.7. The number of sulfonamides is 1. The van der Waals surface area contributed by atoms with Crippen LogP contribution in [0.2, 0.25) is 5.02 Å². The van der Waals surface area contributed by atoms with E-state index in [1.807, 2.05) is 6.07 Å². The van der Waals surface area contributed by atoms with Gasteiger partial charge < -0.3 is 5.32 Å². The van der Waals surface area contributed by atoms with Crippen molar-refractivity contribution >= 4 is 27.5 Å². The number of nitrogens with zero attached hydrogens (tertiary/aromatic N) is 2. The maximum absolute atomic E-state index is 12.8. The molecule has 0 bridgehead atoms. The molecule has 1 N–H and O–H groups in total. The van der Waals surface area contributed by atoms with Gasteiger partial charge in [-0.25, -0.2) is 12.7 Å². The lowest BCUT2D eigenvalue weighted by atomic mass is 9.97. The molecule has 33 heavy (non-hydrogen) atoms. The fourth-order valence-corrected chi connectivity index (χ4v) is 6.55. The van der Waals surface area contributed by atoms with Crippen molar-refractivity contribution in [2.45, 2.75) is 44.5 Å². The molecule has 2 aliphatic rings. The topological polar surface area (TPSA) is 69.7 Å². The Morgan fingerprint density at radius 2 is 1.67 bits per heavy atom. The Balaban J connectivity index is 1.25. The molecule has 0 atom stereocenters. The Morgan fingerprint density at radius 1 is 0.970 bits per heavy atom. The predicted molar refractivity (Wildman–Crippen MR) is 131 cm³/mol. The highest BCUT2D eigenvalue weighted by molar-refractivity contribution is 7.88. The number of carbonyl (C=O) groups is 1. The zero-order valence-electron chi connectivity index (χ0n) is 18.9. The second kappa shape index (κ2) is 11.0. The van der Waals surface area contributed by atoms with Gasteiger partial charge in [-0.3, -0.25) is 9.69 Å². The monoisotopic (exact) mass is 489 g/mol. The summed E-state index contributed by atoms with van der Waals surface area (Å²) >= 11 is 6.13. The summed E-state index contributed by atoms with van der Waals surface area (Å²) in [5.41, 5.74) is 2.98. The smallest absolute Gasteiger partial charge is 0.223 e. The Morgan fingerprint density at radius 3 is 2.39 bits per heavy atom. The van der Waals surface area contributed by atoms with E-state index in [1.165, 1.54) is 22.7 Å². The molecular formula is C25H32ClN3O3S. The van der Waals surface area contributed by atoms with Gasteiger partial charge in [0.05, 0.1) is 5.75 Å². The van der Waals surface area contributed by atoms with Gasteiger partial charge in [0.2, 0.25) is 15.9 Å². The quantitative estimate of drug-likeness (QED) is 0.612. The van der Waals surface area contributed by atoms with E-state index >= 15 is 0 Å². The van der Waals surface area contributed by atoms with E-state index in [9.17, 15) is 13.2 Å². The van der Waals surface area contributed by atoms with E-state index in [0.29, 0.717) is 43.1 Å². The van der Waals surface area contributed by atoms with Crippen molar-refractivity contribution in [1.29, 1.82) is 0 Å². The lowest BCUT2D eigenvalue weighted by molar-refractivity contribution is -0.126. The molecule has 0 aliphatic carbocycles. The van der Waals surface area contributed by atoms with Crippen LogP contribution in [0.3, 0.4) is 0 Å². The minimum Gasteiger partial charge on any atom is -0.352 e. The average Bonchev–Trinajstić information content (AvgIpc) is 3.32. The highest BCUT2D eigenvalue weighted by atomic mass is 35.5. The van der Waals surface area contributed by atoms with Crippen LogP contribution in [0.1, 0.15) is 42.4 Å². The molecule has 1 amide bonds. The second-order valence-electron chi connectivity index (χ2n) is 9.04. The highest BCUT2D eigenvalue weighted by Gasteiger charge is 2.31. The van der Waals surface area contributed by atoms with Crippen molar-refractivity contribution in [3.05, 3.63) is 70.2 Å². The molecule has 0 spiro atoms. The first-order valence-electron chi connectivity index (χ1n) is 11.7. The van der Waals surface area contributed by atoms with Gasteiger partial charge in [-0.2, -0.15) is 0 Å². The molecule has 178 valence electrons. The van der Waals surface area contributed by atoms with Crippen LogP contribution >= 0.6 is 11.6 Å². The number of amides is 1. The summed E-state index contributed by atoms with van der Waals surface area (Å²) in [4.78, 5) is 15.2. The van der Waals surface area contributed by atoms with Crippen molar-refractivity contribution in [3.63, 3.8) is 0 Å². The number of rotatable bonds is 8. The van der Waals surface area contributed by atoms with Gasteiger partial charge in [-0.1, -0.05) is 54.1 Å². The molecule has 2 fully saturated rings. The lowest BCUT2D eigenvalue weighted by Gasteiger charge is -2.30. The van der Waals surface area contributed by atoms with Gasteiger partial charge in [-0.05, 0) is 61.5 Å². The third-order valence-corrected chi connectivity index (χ3v) is 8.77. The molecule has 2 aromatic rings. The van der Waals surface area contributed by atoms with Crippen LogP contribution in [0.5, 0.6) is 0 Å². The van der Waals surface area contributed by atoms with Crippen molar-refractivity contribution in [3.8, 4) is 0 Å². The number of halogens is 1. The van der Waals surface area contributed by atoms with Crippen LogP contribution in [-0.4, -0.2) is 49.7 Å². The molecule has 4 rings (SSSR count). The van der Waals surface area contributed by atoms with E-state index in [2.05, 4.69) is 28.4 Å². The Kier molecular flexibility index (Phi) is 8.07. The van der Waals surface area contributed by atoms with E-state index in [1.54, 1.807) is 24.3 Å². The lowest BCUT2D eigenvalue weighted by Crippen LogP contribution is -2.43. The van der Waals surface area contributed by atoms with Crippen LogP contribution in [0.25, 0.3) is 0 Å². The summed E-state index contributed by atoms with van der Waals surface area (Å²) in [5, 5.41) is 3.51. The van der Waals surface area contributed by atoms with E-state index in [0.717, 1.165) is 25.2 Å². The maximum atomic E-state index is 12.8. The number of likely N-dealkylation sites (tertiary alicyclic amines) is 1. The van der Waals surface area contributed by atoms with Crippen LogP contribution in [0.4, 0.5) is 0 Å². The number of nitrogens with one attached hydrogen (secondary N) is 1. The number of benzene rings is 2.